The maximum absolute atomic E-state index is 13.6. The van der Waals surface area contributed by atoms with Gasteiger partial charge >= 0.3 is 0 Å². The summed E-state index contributed by atoms with van der Waals surface area (Å²) in [5, 5.41) is 2.61. The number of anilines is 2. The summed E-state index contributed by atoms with van der Waals surface area (Å²) in [6.07, 6.45) is 1.11. The summed E-state index contributed by atoms with van der Waals surface area (Å²) in [5.74, 6) is -1.09. The average molecular weight is 482 g/mol. The predicted molar refractivity (Wildman–Crippen MR) is 124 cm³/mol. The van der Waals surface area contributed by atoms with E-state index < -0.39 is 27.9 Å². The highest BCUT2D eigenvalue weighted by molar-refractivity contribution is 7.89. The largest absolute Gasteiger partial charge is 0.468 e. The third-order valence-corrected chi connectivity index (χ3v) is 7.30. The van der Waals surface area contributed by atoms with Gasteiger partial charge in [0.1, 0.15) is 11.8 Å². The maximum atomic E-state index is 13.6. The van der Waals surface area contributed by atoms with Gasteiger partial charge in [0.15, 0.2) is 0 Å². The van der Waals surface area contributed by atoms with Gasteiger partial charge in [-0.05, 0) is 55.5 Å². The standard InChI is InChI=1S/C24H23N3O6S/c1-16-5-11-21(12-6-16)34(31,32)26(15-20-4-3-13-33-20)22-14-23(29)27(24(22)30)19-9-7-18(8-10-19)25-17(2)28/h3-13,22H,14-15H2,1-2H3,(H,25,28). The van der Waals surface area contributed by atoms with Crippen molar-refractivity contribution in [1.82, 2.24) is 4.31 Å². The average Bonchev–Trinajstić information content (AvgIpc) is 3.40. The Morgan fingerprint density at radius 3 is 2.35 bits per heavy atom. The number of sulfonamides is 1. The van der Waals surface area contributed by atoms with Crippen molar-refractivity contribution >= 4 is 39.1 Å². The van der Waals surface area contributed by atoms with E-state index in [0.29, 0.717) is 11.4 Å². The molecule has 1 aromatic heterocycles. The molecule has 0 saturated carbocycles. The molecular formula is C24H23N3O6S. The van der Waals surface area contributed by atoms with Crippen LogP contribution in [-0.2, 0) is 31.0 Å². The lowest BCUT2D eigenvalue weighted by molar-refractivity contribution is -0.122. The Kier molecular flexibility index (Phi) is 6.36. The first kappa shape index (κ1) is 23.4. The van der Waals surface area contributed by atoms with Crippen LogP contribution in [0, 0.1) is 6.92 Å². The summed E-state index contributed by atoms with van der Waals surface area (Å²) in [7, 11) is -4.13. The second-order valence-electron chi connectivity index (χ2n) is 7.96. The van der Waals surface area contributed by atoms with Crippen molar-refractivity contribution in [1.29, 1.82) is 0 Å². The number of amides is 3. The van der Waals surface area contributed by atoms with Gasteiger partial charge in [-0.1, -0.05) is 17.7 Å². The minimum absolute atomic E-state index is 0.0167. The van der Waals surface area contributed by atoms with Crippen LogP contribution in [0.2, 0.25) is 0 Å². The van der Waals surface area contributed by atoms with Crippen molar-refractivity contribution in [3.05, 3.63) is 78.3 Å². The zero-order valence-electron chi connectivity index (χ0n) is 18.6. The molecule has 4 rings (SSSR count). The number of carbonyl (C=O) groups is 3. The Morgan fingerprint density at radius 1 is 1.09 bits per heavy atom. The number of benzene rings is 2. The molecule has 3 aromatic rings. The molecule has 2 aromatic carbocycles. The molecule has 1 unspecified atom stereocenters. The zero-order valence-corrected chi connectivity index (χ0v) is 19.4. The summed E-state index contributed by atoms with van der Waals surface area (Å²) in [5.41, 5.74) is 1.68. The van der Waals surface area contributed by atoms with Crippen LogP contribution in [0.1, 0.15) is 24.7 Å². The van der Waals surface area contributed by atoms with Crippen molar-refractivity contribution < 1.29 is 27.2 Å². The van der Waals surface area contributed by atoms with E-state index in [1.807, 2.05) is 6.92 Å². The first-order valence-corrected chi connectivity index (χ1v) is 12.0. The fraction of sp³-hybridized carbons (Fsp3) is 0.208. The molecule has 176 valence electrons. The zero-order chi connectivity index (χ0) is 24.5. The predicted octanol–water partition coefficient (Wildman–Crippen LogP) is 3.07. The van der Waals surface area contributed by atoms with Crippen molar-refractivity contribution in [2.24, 2.45) is 0 Å². The molecule has 1 aliphatic rings. The van der Waals surface area contributed by atoms with Crippen LogP contribution in [0.25, 0.3) is 0 Å². The number of hydrogen-bond donors (Lipinski definition) is 1. The number of nitrogens with zero attached hydrogens (tertiary/aromatic N) is 2. The minimum atomic E-state index is -4.13. The van der Waals surface area contributed by atoms with Gasteiger partial charge in [0.05, 0.1) is 29.8 Å². The molecule has 0 bridgehead atoms. The first-order valence-electron chi connectivity index (χ1n) is 10.5. The molecule has 34 heavy (non-hydrogen) atoms. The van der Waals surface area contributed by atoms with E-state index in [-0.39, 0.29) is 29.5 Å². The Labute approximate surface area is 197 Å². The molecule has 0 aliphatic carbocycles. The highest BCUT2D eigenvalue weighted by atomic mass is 32.2. The number of nitrogens with one attached hydrogen (secondary N) is 1. The number of rotatable bonds is 7. The summed E-state index contributed by atoms with van der Waals surface area (Å²) in [6.45, 7) is 3.00. The highest BCUT2D eigenvalue weighted by Gasteiger charge is 2.47. The van der Waals surface area contributed by atoms with E-state index in [4.69, 9.17) is 4.42 Å². The van der Waals surface area contributed by atoms with Gasteiger partial charge in [0.25, 0.3) is 5.91 Å². The van der Waals surface area contributed by atoms with Crippen molar-refractivity contribution in [3.63, 3.8) is 0 Å². The molecule has 1 saturated heterocycles. The quantitative estimate of drug-likeness (QED) is 0.519. The van der Waals surface area contributed by atoms with Gasteiger partial charge < -0.3 is 9.73 Å². The van der Waals surface area contributed by atoms with E-state index in [2.05, 4.69) is 5.32 Å². The van der Waals surface area contributed by atoms with Gasteiger partial charge in [0, 0.05) is 12.6 Å². The molecule has 1 aliphatic heterocycles. The Bertz CT molecular complexity index is 1320. The van der Waals surface area contributed by atoms with Crippen molar-refractivity contribution in [3.8, 4) is 0 Å². The van der Waals surface area contributed by atoms with E-state index in [0.717, 1.165) is 14.8 Å². The monoisotopic (exact) mass is 481 g/mol. The van der Waals surface area contributed by atoms with E-state index >= 15 is 0 Å². The SMILES string of the molecule is CC(=O)Nc1ccc(N2C(=O)CC(N(Cc3ccco3)S(=O)(=O)c3ccc(C)cc3)C2=O)cc1. The molecule has 3 amide bonds. The molecule has 0 spiro atoms. The lowest BCUT2D eigenvalue weighted by atomic mass is 10.2. The van der Waals surface area contributed by atoms with Gasteiger partial charge in [-0.2, -0.15) is 4.31 Å². The fourth-order valence-electron chi connectivity index (χ4n) is 3.77. The van der Waals surface area contributed by atoms with Crippen LogP contribution >= 0.6 is 0 Å². The van der Waals surface area contributed by atoms with E-state index in [9.17, 15) is 22.8 Å². The van der Waals surface area contributed by atoms with Crippen molar-refractivity contribution in [2.45, 2.75) is 37.8 Å². The Morgan fingerprint density at radius 2 is 1.76 bits per heavy atom. The van der Waals surface area contributed by atoms with Crippen LogP contribution in [-0.4, -0.2) is 36.5 Å². The highest BCUT2D eigenvalue weighted by Crippen LogP contribution is 2.31. The number of carbonyl (C=O) groups excluding carboxylic acids is 3. The normalized spacial score (nSPS) is 16.3. The van der Waals surface area contributed by atoms with Gasteiger partial charge in [0.2, 0.25) is 21.8 Å². The summed E-state index contributed by atoms with van der Waals surface area (Å²) >= 11 is 0. The molecule has 1 N–H and O–H groups in total. The second-order valence-corrected chi connectivity index (χ2v) is 9.85. The molecule has 2 heterocycles. The summed E-state index contributed by atoms with van der Waals surface area (Å²) in [6, 6.07) is 14.4. The molecule has 0 radical (unpaired) electrons. The third-order valence-electron chi connectivity index (χ3n) is 5.44. The minimum Gasteiger partial charge on any atom is -0.468 e. The lowest BCUT2D eigenvalue weighted by Gasteiger charge is -2.26. The second kappa shape index (κ2) is 9.24. The Balaban J connectivity index is 1.68. The number of aryl methyl sites for hydroxylation is 1. The smallest absolute Gasteiger partial charge is 0.252 e. The molecule has 1 atom stereocenters. The first-order chi connectivity index (χ1) is 16.2. The molecule has 9 nitrogen and oxygen atoms in total. The van der Waals surface area contributed by atoms with Gasteiger partial charge in [-0.15, -0.1) is 0 Å². The van der Waals surface area contributed by atoms with Gasteiger partial charge in [-0.25, -0.2) is 13.3 Å². The van der Waals surface area contributed by atoms with Crippen LogP contribution in [0.5, 0.6) is 0 Å². The maximum Gasteiger partial charge on any atom is 0.252 e. The fourth-order valence-corrected chi connectivity index (χ4v) is 5.32. The van der Waals surface area contributed by atoms with Crippen LogP contribution < -0.4 is 10.2 Å². The number of furan rings is 1. The molecular weight excluding hydrogens is 458 g/mol. The van der Waals surface area contributed by atoms with E-state index in [1.165, 1.54) is 37.5 Å². The number of imide groups is 1. The van der Waals surface area contributed by atoms with Crippen molar-refractivity contribution in [2.75, 3.05) is 10.2 Å². The summed E-state index contributed by atoms with van der Waals surface area (Å²) < 4.78 is 33.5. The van der Waals surface area contributed by atoms with Crippen LogP contribution in [0.4, 0.5) is 11.4 Å². The Hall–Kier alpha value is -3.76. The van der Waals surface area contributed by atoms with Crippen LogP contribution in [0.3, 0.4) is 0 Å². The topological polar surface area (TPSA) is 117 Å². The lowest BCUT2D eigenvalue weighted by Crippen LogP contribution is -2.45. The molecule has 1 fully saturated rings. The van der Waals surface area contributed by atoms with Crippen LogP contribution in [0.15, 0.2) is 76.2 Å². The van der Waals surface area contributed by atoms with Gasteiger partial charge in [-0.3, -0.25) is 14.4 Å². The third kappa shape index (κ3) is 4.63. The summed E-state index contributed by atoms with van der Waals surface area (Å²) in [4.78, 5) is 38.5. The molecule has 10 heteroatoms. The number of hydrogen-bond acceptors (Lipinski definition) is 6. The van der Waals surface area contributed by atoms with E-state index in [1.54, 1.807) is 36.4 Å².